The van der Waals surface area contributed by atoms with Gasteiger partial charge in [0.1, 0.15) is 6.04 Å². The van der Waals surface area contributed by atoms with Crippen LogP contribution in [-0.4, -0.2) is 25.0 Å². The fourth-order valence-corrected chi connectivity index (χ4v) is 3.56. The Morgan fingerprint density at radius 1 is 1.04 bits per heavy atom. The van der Waals surface area contributed by atoms with E-state index < -0.39 is 6.04 Å². The van der Waals surface area contributed by atoms with E-state index in [9.17, 15) is 4.79 Å². The second-order valence-corrected chi connectivity index (χ2v) is 8.46. The number of hydrogen-bond donors (Lipinski definition) is 2. The molecule has 1 aliphatic heterocycles. The predicted octanol–water partition coefficient (Wildman–Crippen LogP) is 3.77. The van der Waals surface area contributed by atoms with E-state index >= 15 is 0 Å². The van der Waals surface area contributed by atoms with Crippen LogP contribution in [0.1, 0.15) is 50.8 Å². The molecule has 1 atom stereocenters. The van der Waals surface area contributed by atoms with Crippen molar-refractivity contribution in [3.8, 4) is 0 Å². The van der Waals surface area contributed by atoms with Crippen molar-refractivity contribution in [1.29, 1.82) is 0 Å². The van der Waals surface area contributed by atoms with Gasteiger partial charge in [-0.25, -0.2) is 0 Å². The number of carbonyl (C=O) groups is 1. The summed E-state index contributed by atoms with van der Waals surface area (Å²) in [5.41, 5.74) is 9.74. The molecule has 0 spiro atoms. The molecule has 1 saturated heterocycles. The number of nitrogens with one attached hydrogen (secondary N) is 1. The van der Waals surface area contributed by atoms with E-state index in [0.29, 0.717) is 0 Å². The Morgan fingerprint density at radius 3 is 2.19 bits per heavy atom. The lowest BCUT2D eigenvalue weighted by atomic mass is 9.87. The Bertz CT molecular complexity index is 741. The zero-order chi connectivity index (χ0) is 19.4. The fourth-order valence-electron chi connectivity index (χ4n) is 3.56. The smallest absolute Gasteiger partial charge is 0.241 e. The van der Waals surface area contributed by atoms with Crippen LogP contribution in [0.5, 0.6) is 0 Å². The summed E-state index contributed by atoms with van der Waals surface area (Å²) in [6, 6.07) is 18.0. The molecule has 0 aromatic heterocycles. The van der Waals surface area contributed by atoms with E-state index in [1.54, 1.807) is 0 Å². The summed E-state index contributed by atoms with van der Waals surface area (Å²) in [6.45, 7) is 8.59. The number of anilines is 1. The third-order valence-electron chi connectivity index (χ3n) is 5.38. The lowest BCUT2D eigenvalue weighted by Gasteiger charge is -2.34. The van der Waals surface area contributed by atoms with Crippen LogP contribution in [0.25, 0.3) is 0 Å². The molecule has 4 nitrogen and oxygen atoms in total. The number of piperidine rings is 1. The molecule has 3 N–H and O–H groups in total. The topological polar surface area (TPSA) is 58.4 Å². The molecule has 2 aromatic rings. The van der Waals surface area contributed by atoms with Crippen LogP contribution in [0.15, 0.2) is 54.6 Å². The maximum Gasteiger partial charge on any atom is 0.241 e. The van der Waals surface area contributed by atoms with Gasteiger partial charge in [-0.2, -0.15) is 0 Å². The maximum atomic E-state index is 12.4. The number of amides is 1. The normalized spacial score (nSPS) is 16.8. The lowest BCUT2D eigenvalue weighted by Crippen LogP contribution is -2.47. The van der Waals surface area contributed by atoms with Gasteiger partial charge in [-0.1, -0.05) is 63.2 Å². The summed E-state index contributed by atoms with van der Waals surface area (Å²) in [4.78, 5) is 14.8. The predicted molar refractivity (Wildman–Crippen MR) is 112 cm³/mol. The number of nitrogens with two attached hydrogens (primary N) is 1. The Hall–Kier alpha value is -2.33. The first-order chi connectivity index (χ1) is 12.8. The molecule has 1 aliphatic rings. The Labute approximate surface area is 162 Å². The van der Waals surface area contributed by atoms with Crippen molar-refractivity contribution in [2.75, 3.05) is 18.0 Å². The van der Waals surface area contributed by atoms with Crippen LogP contribution >= 0.6 is 0 Å². The van der Waals surface area contributed by atoms with Gasteiger partial charge in [-0.15, -0.1) is 0 Å². The second kappa shape index (κ2) is 8.13. The van der Waals surface area contributed by atoms with Gasteiger partial charge in [0.05, 0.1) is 0 Å². The minimum atomic E-state index is -0.603. The highest BCUT2D eigenvalue weighted by molar-refractivity contribution is 5.83. The molecule has 1 fully saturated rings. The molecule has 2 aromatic carbocycles. The molecule has 0 aliphatic carbocycles. The highest BCUT2D eigenvalue weighted by Crippen LogP contribution is 2.26. The summed E-state index contributed by atoms with van der Waals surface area (Å²) in [5.74, 6) is -0.0887. The zero-order valence-electron chi connectivity index (χ0n) is 16.6. The van der Waals surface area contributed by atoms with Gasteiger partial charge >= 0.3 is 0 Å². The van der Waals surface area contributed by atoms with Crippen molar-refractivity contribution in [3.63, 3.8) is 0 Å². The summed E-state index contributed by atoms with van der Waals surface area (Å²) >= 11 is 0. The SMILES string of the molecule is CC(C)(C)c1ccc(N2CCC(NC(=O)C(N)c3ccccc3)CC2)cc1. The Balaban J connectivity index is 1.52. The first kappa shape index (κ1) is 19.4. The Morgan fingerprint density at radius 2 is 1.63 bits per heavy atom. The highest BCUT2D eigenvalue weighted by atomic mass is 16.2. The number of nitrogens with zero attached hydrogens (tertiary/aromatic N) is 1. The van der Waals surface area contributed by atoms with Crippen molar-refractivity contribution in [2.24, 2.45) is 5.73 Å². The maximum absolute atomic E-state index is 12.4. The molecule has 1 unspecified atom stereocenters. The van der Waals surface area contributed by atoms with Crippen LogP contribution in [0.4, 0.5) is 5.69 Å². The van der Waals surface area contributed by atoms with E-state index in [1.807, 2.05) is 30.3 Å². The zero-order valence-corrected chi connectivity index (χ0v) is 16.6. The van der Waals surface area contributed by atoms with E-state index in [0.717, 1.165) is 31.5 Å². The largest absolute Gasteiger partial charge is 0.371 e. The first-order valence-corrected chi connectivity index (χ1v) is 9.81. The molecule has 0 bridgehead atoms. The first-order valence-electron chi connectivity index (χ1n) is 9.81. The Kier molecular flexibility index (Phi) is 5.85. The number of rotatable bonds is 4. The fraction of sp³-hybridized carbons (Fsp3) is 0.435. The summed E-state index contributed by atoms with van der Waals surface area (Å²) < 4.78 is 0. The van der Waals surface area contributed by atoms with Crippen LogP contribution in [0.3, 0.4) is 0 Å². The quantitative estimate of drug-likeness (QED) is 0.867. The van der Waals surface area contributed by atoms with Gasteiger partial charge < -0.3 is 16.0 Å². The van der Waals surface area contributed by atoms with Gasteiger partial charge in [-0.3, -0.25) is 4.79 Å². The van der Waals surface area contributed by atoms with Crippen molar-refractivity contribution in [1.82, 2.24) is 5.32 Å². The third kappa shape index (κ3) is 4.89. The number of hydrogen-bond acceptors (Lipinski definition) is 3. The summed E-state index contributed by atoms with van der Waals surface area (Å²) in [7, 11) is 0. The molecule has 0 radical (unpaired) electrons. The van der Waals surface area contributed by atoms with Crippen molar-refractivity contribution < 1.29 is 4.79 Å². The molecule has 0 saturated carbocycles. The highest BCUT2D eigenvalue weighted by Gasteiger charge is 2.24. The lowest BCUT2D eigenvalue weighted by molar-refractivity contribution is -0.123. The monoisotopic (exact) mass is 365 g/mol. The second-order valence-electron chi connectivity index (χ2n) is 8.46. The van der Waals surface area contributed by atoms with Crippen LogP contribution < -0.4 is 16.0 Å². The van der Waals surface area contributed by atoms with E-state index in [-0.39, 0.29) is 17.4 Å². The number of benzene rings is 2. The van der Waals surface area contributed by atoms with Gasteiger partial charge in [0, 0.05) is 24.8 Å². The molecular formula is C23H31N3O. The molecule has 3 rings (SSSR count). The van der Waals surface area contributed by atoms with Crippen LogP contribution in [0, 0.1) is 0 Å². The summed E-state index contributed by atoms with van der Waals surface area (Å²) in [6.07, 6.45) is 1.88. The van der Waals surface area contributed by atoms with Gasteiger partial charge in [0.2, 0.25) is 5.91 Å². The van der Waals surface area contributed by atoms with Gasteiger partial charge in [0.15, 0.2) is 0 Å². The molecule has 4 heteroatoms. The number of carbonyl (C=O) groups excluding carboxylic acids is 1. The average Bonchev–Trinajstić information content (AvgIpc) is 2.68. The molecule has 1 amide bonds. The summed E-state index contributed by atoms with van der Waals surface area (Å²) in [5, 5.41) is 3.13. The van der Waals surface area contributed by atoms with E-state index in [4.69, 9.17) is 5.73 Å². The van der Waals surface area contributed by atoms with Gasteiger partial charge in [0.25, 0.3) is 0 Å². The average molecular weight is 366 g/mol. The van der Waals surface area contributed by atoms with Crippen molar-refractivity contribution >= 4 is 11.6 Å². The van der Waals surface area contributed by atoms with Crippen molar-refractivity contribution in [3.05, 3.63) is 65.7 Å². The molecule has 27 heavy (non-hydrogen) atoms. The van der Waals surface area contributed by atoms with E-state index in [2.05, 4.69) is 55.3 Å². The van der Waals surface area contributed by atoms with Crippen LogP contribution in [0.2, 0.25) is 0 Å². The van der Waals surface area contributed by atoms with Gasteiger partial charge in [-0.05, 0) is 41.5 Å². The minimum absolute atomic E-state index is 0.0887. The molecule has 144 valence electrons. The van der Waals surface area contributed by atoms with Crippen LogP contribution in [-0.2, 0) is 10.2 Å². The minimum Gasteiger partial charge on any atom is -0.371 e. The van der Waals surface area contributed by atoms with E-state index in [1.165, 1.54) is 11.3 Å². The molecular weight excluding hydrogens is 334 g/mol. The standard InChI is InChI=1S/C23H31N3O/c1-23(2,3)18-9-11-20(12-10-18)26-15-13-19(14-16-26)25-22(27)21(24)17-7-5-4-6-8-17/h4-12,19,21H,13-16,24H2,1-3H3,(H,25,27). The molecule has 1 heterocycles. The van der Waals surface area contributed by atoms with Crippen molar-refractivity contribution in [2.45, 2.75) is 51.1 Å². The third-order valence-corrected chi connectivity index (χ3v) is 5.38.